The average molecular weight is 241 g/mol. The standard InChI is InChI=1S/C10H18F3NO2/c1-4-8(9(15)16-5-2)14(3)7-6-10(11,12)13/h8H,4-7H2,1-3H3. The Labute approximate surface area is 93.6 Å². The zero-order chi connectivity index (χ0) is 12.8. The SMILES string of the molecule is CCOC(=O)C(CC)N(C)CCC(F)(F)F. The molecule has 0 bridgehead atoms. The molecule has 0 saturated heterocycles. The van der Waals surface area contributed by atoms with E-state index in [1.165, 1.54) is 11.9 Å². The summed E-state index contributed by atoms with van der Waals surface area (Å²) in [5.41, 5.74) is 0. The van der Waals surface area contributed by atoms with Crippen LogP contribution in [0.4, 0.5) is 13.2 Å². The third kappa shape index (κ3) is 5.95. The molecule has 1 atom stereocenters. The van der Waals surface area contributed by atoms with Crippen LogP contribution in [0.5, 0.6) is 0 Å². The molecule has 0 aliphatic heterocycles. The van der Waals surface area contributed by atoms with Gasteiger partial charge in [-0.15, -0.1) is 0 Å². The second kappa shape index (κ2) is 6.73. The van der Waals surface area contributed by atoms with Gasteiger partial charge in [0.15, 0.2) is 0 Å². The first kappa shape index (κ1) is 15.2. The van der Waals surface area contributed by atoms with E-state index in [0.29, 0.717) is 6.42 Å². The van der Waals surface area contributed by atoms with E-state index < -0.39 is 24.6 Å². The second-order valence-electron chi connectivity index (χ2n) is 3.52. The monoisotopic (exact) mass is 241 g/mol. The summed E-state index contributed by atoms with van der Waals surface area (Å²) in [5.74, 6) is -0.463. The Bertz CT molecular complexity index is 219. The highest BCUT2D eigenvalue weighted by Gasteiger charge is 2.30. The van der Waals surface area contributed by atoms with Crippen LogP contribution in [0.2, 0.25) is 0 Å². The van der Waals surface area contributed by atoms with E-state index in [-0.39, 0.29) is 13.2 Å². The molecule has 1 unspecified atom stereocenters. The summed E-state index contributed by atoms with van der Waals surface area (Å²) in [6.45, 7) is 3.45. The van der Waals surface area contributed by atoms with Crippen molar-refractivity contribution >= 4 is 5.97 Å². The van der Waals surface area contributed by atoms with Gasteiger partial charge in [0, 0.05) is 6.54 Å². The van der Waals surface area contributed by atoms with Gasteiger partial charge in [-0.2, -0.15) is 13.2 Å². The number of rotatable bonds is 6. The molecule has 0 N–H and O–H groups in total. The van der Waals surface area contributed by atoms with Crippen molar-refractivity contribution in [3.8, 4) is 0 Å². The Hall–Kier alpha value is -0.780. The van der Waals surface area contributed by atoms with Gasteiger partial charge in [-0.05, 0) is 20.4 Å². The van der Waals surface area contributed by atoms with Crippen LogP contribution in [0.15, 0.2) is 0 Å². The molecule has 3 nitrogen and oxygen atoms in total. The summed E-state index contributed by atoms with van der Waals surface area (Å²) in [7, 11) is 1.50. The highest BCUT2D eigenvalue weighted by atomic mass is 19.4. The molecular formula is C10H18F3NO2. The second-order valence-corrected chi connectivity index (χ2v) is 3.52. The minimum atomic E-state index is -4.19. The zero-order valence-corrected chi connectivity index (χ0v) is 9.80. The number of alkyl halides is 3. The molecule has 96 valence electrons. The van der Waals surface area contributed by atoms with Gasteiger partial charge in [-0.1, -0.05) is 6.92 Å². The highest BCUT2D eigenvalue weighted by Crippen LogP contribution is 2.20. The van der Waals surface area contributed by atoms with Gasteiger partial charge >= 0.3 is 12.1 Å². The molecule has 0 aliphatic rings. The smallest absolute Gasteiger partial charge is 0.390 e. The van der Waals surface area contributed by atoms with E-state index in [0.717, 1.165) is 0 Å². The number of ether oxygens (including phenoxy) is 1. The lowest BCUT2D eigenvalue weighted by Crippen LogP contribution is -2.40. The minimum absolute atomic E-state index is 0.194. The van der Waals surface area contributed by atoms with Crippen molar-refractivity contribution in [3.05, 3.63) is 0 Å². The maximum absolute atomic E-state index is 12.0. The van der Waals surface area contributed by atoms with E-state index in [1.54, 1.807) is 13.8 Å². The quantitative estimate of drug-likeness (QED) is 0.668. The maximum atomic E-state index is 12.0. The summed E-state index contributed by atoms with van der Waals surface area (Å²) in [6.07, 6.45) is -4.67. The molecule has 0 aliphatic carbocycles. The predicted molar refractivity (Wildman–Crippen MR) is 54.0 cm³/mol. The van der Waals surface area contributed by atoms with Crippen LogP contribution in [0.25, 0.3) is 0 Å². The van der Waals surface area contributed by atoms with E-state index in [1.807, 2.05) is 0 Å². The van der Waals surface area contributed by atoms with E-state index in [2.05, 4.69) is 0 Å². The van der Waals surface area contributed by atoms with Gasteiger partial charge in [0.2, 0.25) is 0 Å². The molecular weight excluding hydrogens is 223 g/mol. The average Bonchev–Trinajstić information content (AvgIpc) is 2.15. The summed E-state index contributed by atoms with van der Waals surface area (Å²) in [6, 6.07) is -0.595. The molecule has 0 saturated carbocycles. The lowest BCUT2D eigenvalue weighted by Gasteiger charge is -2.25. The lowest BCUT2D eigenvalue weighted by atomic mass is 10.2. The number of hydrogen-bond donors (Lipinski definition) is 0. The van der Waals surface area contributed by atoms with Crippen LogP contribution < -0.4 is 0 Å². The number of nitrogens with zero attached hydrogens (tertiary/aromatic N) is 1. The van der Waals surface area contributed by atoms with Gasteiger partial charge in [0.25, 0.3) is 0 Å². The maximum Gasteiger partial charge on any atom is 0.390 e. The number of esters is 1. The summed E-state index contributed by atoms with van der Waals surface area (Å²) >= 11 is 0. The first-order valence-electron chi connectivity index (χ1n) is 5.25. The molecule has 0 aromatic heterocycles. The molecule has 0 rings (SSSR count). The van der Waals surface area contributed by atoms with Crippen molar-refractivity contribution < 1.29 is 22.7 Å². The largest absolute Gasteiger partial charge is 0.465 e. The number of likely N-dealkylation sites (N-methyl/N-ethyl adjacent to an activating group) is 1. The van der Waals surface area contributed by atoms with E-state index in [9.17, 15) is 18.0 Å². The van der Waals surface area contributed by atoms with Crippen LogP contribution in [0, 0.1) is 0 Å². The van der Waals surface area contributed by atoms with Gasteiger partial charge < -0.3 is 4.74 Å². The van der Waals surface area contributed by atoms with Gasteiger partial charge in [-0.3, -0.25) is 9.69 Å². The first-order chi connectivity index (χ1) is 7.31. The molecule has 0 heterocycles. The van der Waals surface area contributed by atoms with Crippen molar-refractivity contribution in [2.45, 2.75) is 38.9 Å². The van der Waals surface area contributed by atoms with E-state index >= 15 is 0 Å². The first-order valence-corrected chi connectivity index (χ1v) is 5.25. The number of carbonyl (C=O) groups is 1. The zero-order valence-electron chi connectivity index (χ0n) is 9.80. The van der Waals surface area contributed by atoms with Crippen molar-refractivity contribution in [1.29, 1.82) is 0 Å². The Balaban J connectivity index is 4.20. The van der Waals surface area contributed by atoms with Gasteiger partial charge in [-0.25, -0.2) is 0 Å². The summed E-state index contributed by atoms with van der Waals surface area (Å²) in [4.78, 5) is 12.8. The van der Waals surface area contributed by atoms with Crippen LogP contribution in [-0.2, 0) is 9.53 Å². The fourth-order valence-electron chi connectivity index (χ4n) is 1.36. The Morgan fingerprint density at radius 3 is 2.31 bits per heavy atom. The van der Waals surface area contributed by atoms with Crippen molar-refractivity contribution in [3.63, 3.8) is 0 Å². The number of hydrogen-bond acceptors (Lipinski definition) is 3. The summed E-state index contributed by atoms with van der Waals surface area (Å²) < 4.78 is 40.8. The molecule has 0 fully saturated rings. The predicted octanol–water partition coefficient (Wildman–Crippen LogP) is 2.21. The van der Waals surface area contributed by atoms with Crippen LogP contribution >= 0.6 is 0 Å². The molecule has 0 aromatic carbocycles. The number of carbonyl (C=O) groups excluding carboxylic acids is 1. The van der Waals surface area contributed by atoms with Gasteiger partial charge in [0.05, 0.1) is 13.0 Å². The topological polar surface area (TPSA) is 29.5 Å². The molecule has 6 heteroatoms. The Morgan fingerprint density at radius 2 is 1.94 bits per heavy atom. The third-order valence-corrected chi connectivity index (χ3v) is 2.23. The lowest BCUT2D eigenvalue weighted by molar-refractivity contribution is -0.153. The normalized spacial score (nSPS) is 13.9. The van der Waals surface area contributed by atoms with Crippen LogP contribution in [-0.4, -0.2) is 43.3 Å². The molecule has 0 radical (unpaired) electrons. The molecule has 16 heavy (non-hydrogen) atoms. The van der Waals surface area contributed by atoms with Crippen LogP contribution in [0.1, 0.15) is 26.7 Å². The molecule has 0 spiro atoms. The van der Waals surface area contributed by atoms with Crippen molar-refractivity contribution in [2.75, 3.05) is 20.2 Å². The van der Waals surface area contributed by atoms with Crippen molar-refractivity contribution in [2.24, 2.45) is 0 Å². The fourth-order valence-corrected chi connectivity index (χ4v) is 1.36. The van der Waals surface area contributed by atoms with Crippen LogP contribution in [0.3, 0.4) is 0 Å². The Morgan fingerprint density at radius 1 is 1.38 bits per heavy atom. The minimum Gasteiger partial charge on any atom is -0.465 e. The molecule has 0 amide bonds. The molecule has 0 aromatic rings. The van der Waals surface area contributed by atoms with Crippen molar-refractivity contribution in [1.82, 2.24) is 4.90 Å². The Kier molecular flexibility index (Phi) is 6.40. The van der Waals surface area contributed by atoms with Gasteiger partial charge in [0.1, 0.15) is 6.04 Å². The van der Waals surface area contributed by atoms with E-state index in [4.69, 9.17) is 4.74 Å². The number of halogens is 3. The fraction of sp³-hybridized carbons (Fsp3) is 0.900. The summed E-state index contributed by atoms with van der Waals surface area (Å²) in [5, 5.41) is 0. The third-order valence-electron chi connectivity index (χ3n) is 2.23. The highest BCUT2D eigenvalue weighted by molar-refractivity contribution is 5.75.